The molecule has 0 aliphatic rings. The number of rotatable bonds is 12. The first-order valence-electron chi connectivity index (χ1n) is 10.3. The van der Waals surface area contributed by atoms with Gasteiger partial charge in [0.2, 0.25) is 0 Å². The lowest BCUT2D eigenvalue weighted by Crippen LogP contribution is -2.12. The Morgan fingerprint density at radius 2 is 1.43 bits per heavy atom. The van der Waals surface area contributed by atoms with E-state index in [0.717, 1.165) is 32.1 Å². The van der Waals surface area contributed by atoms with E-state index in [1.807, 2.05) is 0 Å². The van der Waals surface area contributed by atoms with Crippen LogP contribution >= 0.6 is 0 Å². The topological polar surface area (TPSA) is 57.8 Å². The maximum atomic E-state index is 11.1. The highest BCUT2D eigenvalue weighted by Crippen LogP contribution is 2.13. The largest absolute Gasteiger partial charge is 0.368 e. The van der Waals surface area contributed by atoms with Gasteiger partial charge >= 0.3 is 5.69 Å². The summed E-state index contributed by atoms with van der Waals surface area (Å²) >= 11 is 0. The normalized spacial score (nSPS) is 12.8. The molecule has 0 atom stereocenters. The number of aromatic amines is 1. The van der Waals surface area contributed by atoms with Gasteiger partial charge in [-0.15, -0.1) is 0 Å². The first-order chi connectivity index (χ1) is 13.4. The third-order valence-electron chi connectivity index (χ3n) is 4.57. The number of hydrogen-bond acceptors (Lipinski definition) is 3. The van der Waals surface area contributed by atoms with Gasteiger partial charge in [0.25, 0.3) is 0 Å². The Labute approximate surface area is 170 Å². The van der Waals surface area contributed by atoms with Gasteiger partial charge in [-0.2, -0.15) is 0 Å². The molecule has 0 unspecified atom stereocenters. The fraction of sp³-hybridized carbons (Fsp3) is 0.500. The van der Waals surface area contributed by atoms with Crippen molar-refractivity contribution in [1.29, 1.82) is 0 Å². The van der Waals surface area contributed by atoms with E-state index in [9.17, 15) is 4.79 Å². The molecule has 1 aromatic heterocycles. The summed E-state index contributed by atoms with van der Waals surface area (Å²) in [6.45, 7) is 11.6. The van der Waals surface area contributed by atoms with Crippen LogP contribution in [0.5, 0.6) is 0 Å². The van der Waals surface area contributed by atoms with Crippen molar-refractivity contribution in [3.8, 4) is 0 Å². The molecule has 1 rings (SSSR count). The molecule has 2 N–H and O–H groups in total. The van der Waals surface area contributed by atoms with Crippen LogP contribution in [0.4, 0.5) is 5.82 Å². The number of anilines is 1. The molecule has 1 aromatic rings. The molecule has 0 bridgehead atoms. The van der Waals surface area contributed by atoms with Crippen molar-refractivity contribution in [1.82, 2.24) is 9.97 Å². The van der Waals surface area contributed by atoms with Crippen molar-refractivity contribution >= 4 is 5.82 Å². The number of nitrogens with zero attached hydrogens (tertiary/aromatic N) is 1. The second-order valence-electron chi connectivity index (χ2n) is 7.72. The molecular formula is C24H37N3O. The van der Waals surface area contributed by atoms with Gasteiger partial charge in [-0.05, 0) is 79.2 Å². The maximum Gasteiger partial charge on any atom is 0.346 e. The third-order valence-corrected chi connectivity index (χ3v) is 4.57. The van der Waals surface area contributed by atoms with Gasteiger partial charge < -0.3 is 5.32 Å². The van der Waals surface area contributed by atoms with Gasteiger partial charge in [0.05, 0.1) is 0 Å². The van der Waals surface area contributed by atoms with Crippen LogP contribution in [0.25, 0.3) is 0 Å². The molecule has 0 saturated carbocycles. The minimum Gasteiger partial charge on any atom is -0.368 e. The molecule has 28 heavy (non-hydrogen) atoms. The zero-order valence-corrected chi connectivity index (χ0v) is 18.3. The molecule has 0 aliphatic carbocycles. The SMILES string of the molecule is CC(C)=CCCC(C)=CCCC(C)=CCCC(C)=CCNc1ccnc(=O)[nH]1. The van der Waals surface area contributed by atoms with Crippen LogP contribution in [0.2, 0.25) is 0 Å². The Balaban J connectivity index is 2.25. The smallest absolute Gasteiger partial charge is 0.346 e. The van der Waals surface area contributed by atoms with Crippen LogP contribution in [0.1, 0.15) is 73.1 Å². The number of aromatic nitrogens is 2. The molecule has 4 nitrogen and oxygen atoms in total. The summed E-state index contributed by atoms with van der Waals surface area (Å²) in [6.07, 6.45) is 17.4. The standard InChI is InChI=1S/C24H37N3O/c1-19(2)9-6-10-20(3)11-7-12-21(4)13-8-14-22(5)15-17-25-23-16-18-26-24(28)27-23/h9,11,13,15-16,18H,6-8,10,12,14,17H2,1-5H3,(H2,25,26,27,28). The first-order valence-corrected chi connectivity index (χ1v) is 10.3. The van der Waals surface area contributed by atoms with E-state index in [-0.39, 0.29) is 5.69 Å². The molecular weight excluding hydrogens is 346 g/mol. The maximum absolute atomic E-state index is 11.1. The highest BCUT2D eigenvalue weighted by atomic mass is 16.1. The lowest BCUT2D eigenvalue weighted by atomic mass is 10.0. The summed E-state index contributed by atoms with van der Waals surface area (Å²) in [5.74, 6) is 0.698. The van der Waals surface area contributed by atoms with Crippen molar-refractivity contribution in [2.45, 2.75) is 73.1 Å². The number of hydrogen-bond donors (Lipinski definition) is 2. The summed E-state index contributed by atoms with van der Waals surface area (Å²) in [4.78, 5) is 17.4. The molecule has 0 saturated heterocycles. The molecule has 0 fully saturated rings. The van der Waals surface area contributed by atoms with Crippen molar-refractivity contribution in [2.24, 2.45) is 0 Å². The van der Waals surface area contributed by atoms with Crippen LogP contribution in [0, 0.1) is 0 Å². The second-order valence-corrected chi connectivity index (χ2v) is 7.72. The fourth-order valence-corrected chi connectivity index (χ4v) is 2.79. The average Bonchev–Trinajstić information content (AvgIpc) is 2.61. The van der Waals surface area contributed by atoms with Crippen LogP contribution < -0.4 is 11.0 Å². The Morgan fingerprint density at radius 3 is 1.96 bits per heavy atom. The zero-order valence-electron chi connectivity index (χ0n) is 18.3. The summed E-state index contributed by atoms with van der Waals surface area (Å²) in [6, 6.07) is 1.76. The van der Waals surface area contributed by atoms with E-state index in [1.165, 1.54) is 34.9 Å². The van der Waals surface area contributed by atoms with Crippen molar-refractivity contribution in [3.63, 3.8) is 0 Å². The highest BCUT2D eigenvalue weighted by molar-refractivity contribution is 5.32. The van der Waals surface area contributed by atoms with Gasteiger partial charge in [-0.3, -0.25) is 4.98 Å². The van der Waals surface area contributed by atoms with Crippen LogP contribution in [-0.2, 0) is 0 Å². The molecule has 0 aromatic carbocycles. The van der Waals surface area contributed by atoms with E-state index in [4.69, 9.17) is 0 Å². The second kappa shape index (κ2) is 13.8. The lowest BCUT2D eigenvalue weighted by Gasteiger charge is -2.04. The molecule has 154 valence electrons. The molecule has 4 heteroatoms. The van der Waals surface area contributed by atoms with Crippen LogP contribution in [-0.4, -0.2) is 16.5 Å². The highest BCUT2D eigenvalue weighted by Gasteiger charge is 1.95. The van der Waals surface area contributed by atoms with Crippen LogP contribution in [0.15, 0.2) is 63.7 Å². The predicted molar refractivity (Wildman–Crippen MR) is 122 cm³/mol. The first kappa shape index (κ1) is 23.7. The molecule has 0 radical (unpaired) electrons. The van der Waals surface area contributed by atoms with E-state index >= 15 is 0 Å². The van der Waals surface area contributed by atoms with Crippen molar-refractivity contribution in [2.75, 3.05) is 11.9 Å². The van der Waals surface area contributed by atoms with E-state index < -0.39 is 0 Å². The monoisotopic (exact) mass is 383 g/mol. The van der Waals surface area contributed by atoms with E-state index in [0.29, 0.717) is 12.4 Å². The zero-order chi connectivity index (χ0) is 20.8. The lowest BCUT2D eigenvalue weighted by molar-refractivity contribution is 0.899. The van der Waals surface area contributed by atoms with Gasteiger partial charge in [0.1, 0.15) is 5.82 Å². The summed E-state index contributed by atoms with van der Waals surface area (Å²) < 4.78 is 0. The minimum absolute atomic E-state index is 0.329. The number of nitrogens with one attached hydrogen (secondary N) is 2. The fourth-order valence-electron chi connectivity index (χ4n) is 2.79. The minimum atomic E-state index is -0.329. The Hall–Kier alpha value is -2.36. The van der Waals surface area contributed by atoms with Crippen molar-refractivity contribution < 1.29 is 0 Å². The van der Waals surface area contributed by atoms with E-state index in [2.05, 4.69) is 74.2 Å². The Morgan fingerprint density at radius 1 is 0.893 bits per heavy atom. The van der Waals surface area contributed by atoms with Crippen molar-refractivity contribution in [3.05, 3.63) is 69.3 Å². The Kier molecular flexibility index (Phi) is 11.6. The molecule has 0 aliphatic heterocycles. The van der Waals surface area contributed by atoms with Crippen LogP contribution in [0.3, 0.4) is 0 Å². The predicted octanol–water partition coefficient (Wildman–Crippen LogP) is 6.33. The quantitative estimate of drug-likeness (QED) is 0.415. The van der Waals surface area contributed by atoms with E-state index in [1.54, 1.807) is 6.07 Å². The third kappa shape index (κ3) is 12.1. The van der Waals surface area contributed by atoms with Gasteiger partial charge in [0, 0.05) is 12.7 Å². The Bertz CT molecular complexity index is 762. The molecule has 0 spiro atoms. The number of H-pyrrole nitrogens is 1. The van der Waals surface area contributed by atoms with Gasteiger partial charge in [0.15, 0.2) is 0 Å². The summed E-state index contributed by atoms with van der Waals surface area (Å²) in [5, 5.41) is 3.18. The van der Waals surface area contributed by atoms with Gasteiger partial charge in [-0.25, -0.2) is 9.78 Å². The summed E-state index contributed by atoms with van der Waals surface area (Å²) in [7, 11) is 0. The summed E-state index contributed by atoms with van der Waals surface area (Å²) in [5.41, 5.74) is 5.38. The molecule has 0 amide bonds. The molecule has 1 heterocycles. The average molecular weight is 384 g/mol. The van der Waals surface area contributed by atoms with Gasteiger partial charge in [-0.1, -0.05) is 46.6 Å². The number of allylic oxidation sites excluding steroid dienone is 7.